The van der Waals surface area contributed by atoms with Crippen LogP contribution in [0.3, 0.4) is 0 Å². The molecule has 2 heterocycles. The summed E-state index contributed by atoms with van der Waals surface area (Å²) in [5.74, 6) is 1.63. The Bertz CT molecular complexity index is 1160. The van der Waals surface area contributed by atoms with Crippen molar-refractivity contribution in [3.63, 3.8) is 0 Å². The molecule has 0 radical (unpaired) electrons. The Morgan fingerprint density at radius 2 is 1.12 bits per heavy atom. The van der Waals surface area contributed by atoms with Crippen molar-refractivity contribution >= 4 is 21.8 Å². The average Bonchev–Trinajstić information content (AvgIpc) is 3.58. The highest BCUT2D eigenvalue weighted by Crippen LogP contribution is 2.48. The number of aromatic nitrogens is 2. The van der Waals surface area contributed by atoms with Crippen molar-refractivity contribution < 1.29 is 9.47 Å². The molecule has 2 aromatic heterocycles. The fourth-order valence-corrected chi connectivity index (χ4v) is 4.08. The number of fused-ring (bicyclic) bond motifs is 6. The third-order valence-electron chi connectivity index (χ3n) is 5.52. The van der Waals surface area contributed by atoms with Gasteiger partial charge in [0.1, 0.15) is 22.5 Å². The Morgan fingerprint density at radius 3 is 1.54 bits per heavy atom. The van der Waals surface area contributed by atoms with Crippen LogP contribution in [0.1, 0.15) is 22.3 Å². The van der Waals surface area contributed by atoms with Crippen molar-refractivity contribution in [1.82, 2.24) is 9.97 Å². The first-order valence-electron chi connectivity index (χ1n) is 8.77. The van der Waals surface area contributed by atoms with Gasteiger partial charge in [-0.1, -0.05) is 24.3 Å². The van der Waals surface area contributed by atoms with E-state index >= 15 is 0 Å². The lowest BCUT2D eigenvalue weighted by atomic mass is 10.1. The zero-order valence-corrected chi connectivity index (χ0v) is 14.6. The summed E-state index contributed by atoms with van der Waals surface area (Å²) in [6.07, 6.45) is 1.97. The molecule has 0 spiro atoms. The lowest BCUT2D eigenvalue weighted by molar-refractivity contribution is 0.418. The number of methoxy groups -OCH3 is 2. The Balaban J connectivity index is 1.66. The molecule has 2 aliphatic rings. The van der Waals surface area contributed by atoms with Crippen LogP contribution in [-0.4, -0.2) is 24.2 Å². The highest BCUT2D eigenvalue weighted by molar-refractivity contribution is 5.99. The molecule has 0 unspecified atom stereocenters. The first kappa shape index (κ1) is 14.1. The number of para-hydroxylation sites is 2. The number of nitrogens with zero attached hydrogens (tertiary/aromatic N) is 2. The van der Waals surface area contributed by atoms with E-state index in [-0.39, 0.29) is 0 Å². The molecule has 0 fully saturated rings. The Hall–Kier alpha value is -3.14. The predicted octanol–water partition coefficient (Wildman–Crippen LogP) is 4.28. The van der Waals surface area contributed by atoms with Gasteiger partial charge in [0, 0.05) is 23.6 Å². The summed E-state index contributed by atoms with van der Waals surface area (Å²) in [5, 5.41) is 2.39. The molecule has 2 aliphatic carbocycles. The summed E-state index contributed by atoms with van der Waals surface area (Å²) in [7, 11) is 3.39. The van der Waals surface area contributed by atoms with Crippen LogP contribution in [-0.2, 0) is 12.8 Å². The van der Waals surface area contributed by atoms with Crippen LogP contribution in [0.5, 0.6) is 11.5 Å². The van der Waals surface area contributed by atoms with Crippen molar-refractivity contribution in [2.45, 2.75) is 12.8 Å². The lowest BCUT2D eigenvalue weighted by Crippen LogP contribution is -1.94. The highest BCUT2D eigenvalue weighted by Gasteiger charge is 2.34. The Labute approximate surface area is 150 Å². The van der Waals surface area contributed by atoms with Gasteiger partial charge in [0.05, 0.1) is 25.6 Å². The summed E-state index contributed by atoms with van der Waals surface area (Å²) in [4.78, 5) is 9.99. The minimum absolute atomic E-state index is 0.817. The number of ether oxygens (including phenoxy) is 2. The van der Waals surface area contributed by atoms with Gasteiger partial charge in [-0.2, -0.15) is 0 Å². The van der Waals surface area contributed by atoms with Gasteiger partial charge >= 0.3 is 0 Å². The van der Waals surface area contributed by atoms with Gasteiger partial charge in [0.15, 0.2) is 0 Å². The van der Waals surface area contributed by atoms with Crippen LogP contribution < -0.4 is 9.47 Å². The van der Waals surface area contributed by atoms with Crippen LogP contribution >= 0.6 is 0 Å². The van der Waals surface area contributed by atoms with E-state index in [1.54, 1.807) is 14.2 Å². The van der Waals surface area contributed by atoms with Gasteiger partial charge in [-0.25, -0.2) is 9.97 Å². The molecule has 4 aromatic rings. The smallest absolute Gasteiger partial charge is 0.145 e. The fraction of sp³-hybridized carbons (Fsp3) is 0.182. The predicted molar refractivity (Wildman–Crippen MR) is 101 cm³/mol. The topological polar surface area (TPSA) is 44.2 Å². The molecule has 4 heteroatoms. The summed E-state index contributed by atoms with van der Waals surface area (Å²) in [6.45, 7) is 0. The van der Waals surface area contributed by atoms with E-state index in [1.807, 2.05) is 24.3 Å². The molecule has 6 rings (SSSR count). The maximum atomic E-state index is 5.54. The quantitative estimate of drug-likeness (QED) is 0.482. The van der Waals surface area contributed by atoms with Gasteiger partial charge in [-0.3, -0.25) is 0 Å². The van der Waals surface area contributed by atoms with Gasteiger partial charge in [0.2, 0.25) is 0 Å². The maximum Gasteiger partial charge on any atom is 0.145 e. The van der Waals surface area contributed by atoms with Gasteiger partial charge in [0.25, 0.3) is 0 Å². The second-order valence-electron chi connectivity index (χ2n) is 6.90. The van der Waals surface area contributed by atoms with E-state index < -0.39 is 0 Å². The number of hydrogen-bond donors (Lipinski definition) is 0. The zero-order chi connectivity index (χ0) is 17.4. The summed E-state index contributed by atoms with van der Waals surface area (Å²) >= 11 is 0. The molecule has 2 aromatic carbocycles. The van der Waals surface area contributed by atoms with Crippen molar-refractivity contribution in [2.24, 2.45) is 0 Å². The first-order valence-corrected chi connectivity index (χ1v) is 8.77. The van der Waals surface area contributed by atoms with Gasteiger partial charge in [-0.05, 0) is 34.4 Å². The molecule has 0 saturated heterocycles. The third-order valence-corrected chi connectivity index (χ3v) is 5.52. The van der Waals surface area contributed by atoms with Crippen LogP contribution in [0.15, 0.2) is 36.4 Å². The van der Waals surface area contributed by atoms with Gasteiger partial charge in [-0.15, -0.1) is 0 Å². The van der Waals surface area contributed by atoms with E-state index in [2.05, 4.69) is 12.1 Å². The first-order chi connectivity index (χ1) is 12.8. The van der Waals surface area contributed by atoms with Crippen molar-refractivity contribution in [2.75, 3.05) is 14.2 Å². The molecule has 0 atom stereocenters. The van der Waals surface area contributed by atoms with Crippen LogP contribution in [0, 0.1) is 0 Å². The summed E-state index contributed by atoms with van der Waals surface area (Å²) < 4.78 is 11.1. The molecular weight excluding hydrogens is 324 g/mol. The number of hydrogen-bond acceptors (Lipinski definition) is 4. The minimum Gasteiger partial charge on any atom is -0.494 e. The van der Waals surface area contributed by atoms with Crippen molar-refractivity contribution in [1.29, 1.82) is 0 Å². The van der Waals surface area contributed by atoms with Crippen LogP contribution in [0.2, 0.25) is 0 Å². The maximum absolute atomic E-state index is 5.54. The Morgan fingerprint density at radius 1 is 0.654 bits per heavy atom. The monoisotopic (exact) mass is 340 g/mol. The molecule has 26 heavy (non-hydrogen) atoms. The molecule has 0 amide bonds. The van der Waals surface area contributed by atoms with E-state index in [4.69, 9.17) is 19.4 Å². The minimum atomic E-state index is 0.817. The summed E-state index contributed by atoms with van der Waals surface area (Å²) in [5.41, 5.74) is 9.27. The van der Waals surface area contributed by atoms with Gasteiger partial charge < -0.3 is 9.47 Å². The second kappa shape index (κ2) is 4.73. The van der Waals surface area contributed by atoms with Crippen LogP contribution in [0.4, 0.5) is 0 Å². The lowest BCUT2D eigenvalue weighted by Gasteiger charge is -2.08. The third kappa shape index (κ3) is 1.74. The highest BCUT2D eigenvalue weighted by atomic mass is 16.5. The second-order valence-corrected chi connectivity index (χ2v) is 6.90. The molecule has 0 bridgehead atoms. The molecule has 4 nitrogen and oxygen atoms in total. The largest absolute Gasteiger partial charge is 0.494 e. The van der Waals surface area contributed by atoms with E-state index in [9.17, 15) is 0 Å². The molecule has 0 aliphatic heterocycles. The average molecular weight is 340 g/mol. The van der Waals surface area contributed by atoms with E-state index in [0.717, 1.165) is 46.8 Å². The number of rotatable bonds is 3. The SMILES string of the molecule is COc1cccc2c3c(c(-c4nc5c(OC)cccc5c5c4C5)nc12)C3. The molecule has 0 saturated carbocycles. The van der Waals surface area contributed by atoms with Crippen molar-refractivity contribution in [3.8, 4) is 22.9 Å². The molecule has 0 N–H and O–H groups in total. The van der Waals surface area contributed by atoms with Crippen LogP contribution in [0.25, 0.3) is 33.2 Å². The Kier molecular flexibility index (Phi) is 2.56. The van der Waals surface area contributed by atoms with Crippen molar-refractivity contribution in [3.05, 3.63) is 58.7 Å². The van der Waals surface area contributed by atoms with E-state index in [1.165, 1.54) is 33.0 Å². The van der Waals surface area contributed by atoms with E-state index in [0.29, 0.717) is 0 Å². The number of benzene rings is 2. The normalized spacial score (nSPS) is 13.5. The summed E-state index contributed by atoms with van der Waals surface area (Å²) in [6, 6.07) is 12.3. The molecular formula is C22H16N2O2. The standard InChI is InChI=1S/C22H16N2O2/c1-25-17-7-3-5-11-13-9-15(13)21(23-19(11)17)22-16-10-14(16)12-6-4-8-18(26-2)20(12)24-22/h3-8H,9-10H2,1-2H3. The fourth-order valence-electron chi connectivity index (χ4n) is 4.08. The molecule has 126 valence electrons. The number of pyridine rings is 2. The zero-order valence-electron chi connectivity index (χ0n) is 14.6.